The lowest BCUT2D eigenvalue weighted by atomic mass is 9.96. The molecule has 7 nitrogen and oxygen atoms in total. The molecule has 8 rings (SSSR count). The molecule has 4 aromatic carbocycles. The molecule has 0 radical (unpaired) electrons. The van der Waals surface area contributed by atoms with Crippen LogP contribution in [0.4, 0.5) is 0 Å². The van der Waals surface area contributed by atoms with Crippen molar-refractivity contribution in [1.82, 2.24) is 24.8 Å². The Kier molecular flexibility index (Phi) is 11.8. The van der Waals surface area contributed by atoms with Crippen molar-refractivity contribution in [3.63, 3.8) is 0 Å². The highest BCUT2D eigenvalue weighted by Gasteiger charge is 2.35. The van der Waals surface area contributed by atoms with Crippen LogP contribution in [0.2, 0.25) is 5.02 Å². The summed E-state index contributed by atoms with van der Waals surface area (Å²) in [5.74, 6) is 1.89. The zero-order valence-corrected chi connectivity index (χ0v) is 35.3. The van der Waals surface area contributed by atoms with Gasteiger partial charge >= 0.3 is 0 Å². The first-order valence-electron chi connectivity index (χ1n) is 18.4. The molecule has 9 heteroatoms. The van der Waals surface area contributed by atoms with Gasteiger partial charge < -0.3 is 14.3 Å². The van der Waals surface area contributed by atoms with Crippen molar-refractivity contribution >= 4 is 61.2 Å². The second kappa shape index (κ2) is 15.7. The molecule has 1 aliphatic rings. The number of aromatic nitrogens is 4. The van der Waals surface area contributed by atoms with Gasteiger partial charge in [-0.2, -0.15) is 0 Å². The van der Waals surface area contributed by atoms with Crippen LogP contribution in [0.5, 0.6) is 0 Å². The largest absolute Gasteiger partial charge is 0.440 e. The Morgan fingerprint density at radius 1 is 0.667 bits per heavy atom. The molecule has 0 atom stereocenters. The van der Waals surface area contributed by atoms with Crippen LogP contribution in [0, 0.1) is 0 Å². The predicted molar refractivity (Wildman–Crippen MR) is 227 cm³/mol. The Hall–Kier alpha value is -4.53. The van der Waals surface area contributed by atoms with Gasteiger partial charge in [-0.3, -0.25) is 4.79 Å². The zero-order chi connectivity index (χ0) is 39.6. The number of amides is 1. The van der Waals surface area contributed by atoms with E-state index >= 15 is 0 Å². The van der Waals surface area contributed by atoms with Crippen LogP contribution >= 0.6 is 22.9 Å². The number of benzene rings is 4. The number of rotatable bonds is 0. The zero-order valence-electron chi connectivity index (χ0n) is 33.8. The number of fused-ring (bicyclic) bond motifs is 4. The van der Waals surface area contributed by atoms with E-state index in [9.17, 15) is 4.79 Å². The van der Waals surface area contributed by atoms with Crippen LogP contribution < -0.4 is 0 Å². The third-order valence-corrected chi connectivity index (χ3v) is 10.4. The molecule has 0 saturated heterocycles. The van der Waals surface area contributed by atoms with Gasteiger partial charge in [0.15, 0.2) is 5.58 Å². The van der Waals surface area contributed by atoms with Gasteiger partial charge in [-0.25, -0.2) is 15.0 Å². The molecule has 3 aromatic heterocycles. The number of thiazole rings is 1. The molecule has 7 aromatic rings. The maximum absolute atomic E-state index is 12.1. The van der Waals surface area contributed by atoms with Crippen molar-refractivity contribution in [3.05, 3.63) is 124 Å². The van der Waals surface area contributed by atoms with Crippen molar-refractivity contribution in [2.75, 3.05) is 0 Å². The van der Waals surface area contributed by atoms with Gasteiger partial charge in [-0.05, 0) is 68.8 Å². The molecule has 1 N–H and O–H groups in total. The van der Waals surface area contributed by atoms with Crippen molar-refractivity contribution < 1.29 is 9.21 Å². The topological polar surface area (TPSA) is 87.9 Å². The molecule has 0 saturated carbocycles. The van der Waals surface area contributed by atoms with Crippen LogP contribution in [0.15, 0.2) is 95.4 Å². The quantitative estimate of drug-likeness (QED) is 0.166. The third-order valence-electron chi connectivity index (χ3n) is 8.67. The van der Waals surface area contributed by atoms with Crippen molar-refractivity contribution in [1.29, 1.82) is 0 Å². The van der Waals surface area contributed by atoms with E-state index in [0.29, 0.717) is 17.1 Å². The smallest absolute Gasteiger partial charge is 0.256 e. The number of nitrogens with one attached hydrogen (secondary N) is 1. The standard InChI is InChI=1S/C12H14ClNO.C11H14N2.C11H13NO.C11H13NS/c1-12(2,3)14-7-8-5-4-6-9(13)10(8)11(14)15;3*1-11(2,3)10-12-8-6-4-5-7-9(8)13-10/h4-6H,7H2,1-3H3;4-7H,1-3H3,(H,12,13);2*4-7H,1-3H3. The number of hydrogen-bond donors (Lipinski definition) is 1. The monoisotopic (exact) mass is 763 g/mol. The number of nitrogens with zero attached hydrogens (tertiary/aromatic N) is 4. The summed E-state index contributed by atoms with van der Waals surface area (Å²) < 4.78 is 6.91. The Morgan fingerprint density at radius 3 is 1.83 bits per heavy atom. The van der Waals surface area contributed by atoms with E-state index in [0.717, 1.165) is 44.9 Å². The number of H-pyrrole nitrogens is 1. The minimum absolute atomic E-state index is 0.0149. The first kappa shape index (κ1) is 40.7. The second-order valence-corrected chi connectivity index (χ2v) is 19.1. The fourth-order valence-corrected chi connectivity index (χ4v) is 6.85. The lowest BCUT2D eigenvalue weighted by molar-refractivity contribution is 0.0609. The molecule has 1 aliphatic heterocycles. The van der Waals surface area contributed by atoms with Crippen LogP contribution in [-0.2, 0) is 22.8 Å². The molecule has 0 aliphatic carbocycles. The summed E-state index contributed by atoms with van der Waals surface area (Å²) in [4.78, 5) is 30.8. The number of para-hydroxylation sites is 5. The second-order valence-electron chi connectivity index (χ2n) is 17.7. The number of carbonyl (C=O) groups is 1. The van der Waals surface area contributed by atoms with Crippen LogP contribution in [-0.4, -0.2) is 36.3 Å². The molecule has 0 spiro atoms. The van der Waals surface area contributed by atoms with E-state index in [-0.39, 0.29) is 27.7 Å². The Bertz CT molecular complexity index is 2060. The molecule has 0 fully saturated rings. The van der Waals surface area contributed by atoms with E-state index in [1.54, 1.807) is 17.4 Å². The summed E-state index contributed by atoms with van der Waals surface area (Å²) in [6.45, 7) is 26.1. The van der Waals surface area contributed by atoms with Crippen LogP contribution in [0.3, 0.4) is 0 Å². The fourth-order valence-electron chi connectivity index (χ4n) is 5.55. The molecule has 284 valence electrons. The third kappa shape index (κ3) is 9.76. The summed E-state index contributed by atoms with van der Waals surface area (Å²) in [5, 5.41) is 1.78. The maximum Gasteiger partial charge on any atom is 0.256 e. The molecule has 0 bridgehead atoms. The van der Waals surface area contributed by atoms with Crippen LogP contribution in [0.1, 0.15) is 116 Å². The molecule has 54 heavy (non-hydrogen) atoms. The number of hydrogen-bond acceptors (Lipinski definition) is 6. The van der Waals surface area contributed by atoms with E-state index in [1.165, 1.54) is 9.71 Å². The Labute approximate surface area is 329 Å². The summed E-state index contributed by atoms with van der Waals surface area (Å²) in [5.41, 5.74) is 6.90. The number of imidazole rings is 1. The maximum atomic E-state index is 12.1. The molecular weight excluding hydrogens is 710 g/mol. The summed E-state index contributed by atoms with van der Waals surface area (Å²) in [7, 11) is 0. The lowest BCUT2D eigenvalue weighted by Gasteiger charge is -2.31. The van der Waals surface area contributed by atoms with Gasteiger partial charge in [0, 0.05) is 28.3 Å². The number of carbonyl (C=O) groups excluding carboxylic acids is 1. The van der Waals surface area contributed by atoms with Crippen molar-refractivity contribution in [3.8, 4) is 0 Å². The van der Waals surface area contributed by atoms with E-state index in [2.05, 4.69) is 107 Å². The van der Waals surface area contributed by atoms with Gasteiger partial charge in [-0.1, -0.05) is 122 Å². The highest BCUT2D eigenvalue weighted by Crippen LogP contribution is 2.33. The Morgan fingerprint density at radius 2 is 1.28 bits per heavy atom. The first-order valence-corrected chi connectivity index (χ1v) is 19.6. The SMILES string of the molecule is CC(C)(C)N1Cc2cccc(Cl)c2C1=O.CC(C)(C)c1nc2ccccc2[nH]1.CC(C)(C)c1nc2ccccc2o1.CC(C)(C)c1nc2ccccc2s1. The Balaban J connectivity index is 0.000000139. The average molecular weight is 764 g/mol. The highest BCUT2D eigenvalue weighted by molar-refractivity contribution is 7.18. The van der Waals surface area contributed by atoms with E-state index in [4.69, 9.17) is 16.0 Å². The highest BCUT2D eigenvalue weighted by atomic mass is 35.5. The first-order chi connectivity index (χ1) is 25.1. The fraction of sp³-hybridized carbons (Fsp3) is 0.378. The van der Waals surface area contributed by atoms with Crippen LogP contribution in [0.25, 0.3) is 32.3 Å². The van der Waals surface area contributed by atoms with Gasteiger partial charge in [-0.15, -0.1) is 11.3 Å². The summed E-state index contributed by atoms with van der Waals surface area (Å²) in [6, 6.07) is 29.9. The number of aromatic amines is 1. The normalized spacial score (nSPS) is 13.2. The number of oxazole rings is 1. The molecular formula is C45H54ClN5O2S. The minimum atomic E-state index is -0.153. The lowest BCUT2D eigenvalue weighted by Crippen LogP contribution is -2.41. The molecule has 1 amide bonds. The van der Waals surface area contributed by atoms with E-state index in [1.807, 2.05) is 86.3 Å². The van der Waals surface area contributed by atoms with Crippen molar-refractivity contribution in [2.45, 2.75) is 111 Å². The van der Waals surface area contributed by atoms with Gasteiger partial charge in [0.2, 0.25) is 5.89 Å². The van der Waals surface area contributed by atoms with Gasteiger partial charge in [0.05, 0.1) is 36.8 Å². The van der Waals surface area contributed by atoms with Gasteiger partial charge in [0.25, 0.3) is 5.91 Å². The average Bonchev–Trinajstić information content (AvgIpc) is 3.88. The molecule has 4 heterocycles. The van der Waals surface area contributed by atoms with Gasteiger partial charge in [0.1, 0.15) is 11.3 Å². The van der Waals surface area contributed by atoms with E-state index < -0.39 is 0 Å². The predicted octanol–water partition coefficient (Wildman–Crippen LogP) is 12.7. The van der Waals surface area contributed by atoms with Crippen molar-refractivity contribution in [2.24, 2.45) is 0 Å². The number of halogens is 1. The molecule has 0 unspecified atom stereocenters. The summed E-state index contributed by atoms with van der Waals surface area (Å²) in [6.07, 6.45) is 0. The summed E-state index contributed by atoms with van der Waals surface area (Å²) >= 11 is 7.83. The minimum Gasteiger partial charge on any atom is -0.440 e.